The van der Waals surface area contributed by atoms with E-state index < -0.39 is 34.8 Å². The lowest BCUT2D eigenvalue weighted by atomic mass is 10.1. The fourth-order valence-electron chi connectivity index (χ4n) is 1.34. The topological polar surface area (TPSA) is 17.8 Å². The van der Waals surface area contributed by atoms with Gasteiger partial charge in [-0.3, -0.25) is 4.68 Å². The average Bonchev–Trinajstić information content (AvgIpc) is 2.41. The number of hydrogen-bond acceptors (Lipinski definition) is 1. The van der Waals surface area contributed by atoms with Crippen molar-refractivity contribution in [1.82, 2.24) is 9.78 Å². The van der Waals surface area contributed by atoms with Crippen molar-refractivity contribution < 1.29 is 17.6 Å². The van der Waals surface area contributed by atoms with Gasteiger partial charge in [-0.15, -0.1) is 0 Å². The zero-order chi connectivity index (χ0) is 12.7. The lowest BCUT2D eigenvalue weighted by Gasteiger charge is -2.22. The zero-order valence-electron chi connectivity index (χ0n) is 8.94. The van der Waals surface area contributed by atoms with Crippen LogP contribution < -0.4 is 0 Å². The molecule has 1 rings (SSSR count). The standard InChI is InChI=1S/C9H11ClF4N2/c1-9(2,3)16-5(8(13)14)4(7(11)12)6(10)15-16/h7-8H,1-3H3. The van der Waals surface area contributed by atoms with Crippen molar-refractivity contribution in [3.05, 3.63) is 16.4 Å². The molecule has 0 bridgehead atoms. The van der Waals surface area contributed by atoms with Crippen LogP contribution in [0.1, 0.15) is 44.9 Å². The molecule has 0 saturated carbocycles. The molecule has 0 aliphatic rings. The Morgan fingerprint density at radius 1 is 1.12 bits per heavy atom. The highest BCUT2D eigenvalue weighted by Gasteiger charge is 2.33. The summed E-state index contributed by atoms with van der Waals surface area (Å²) in [5.74, 6) is 0. The van der Waals surface area contributed by atoms with E-state index in [9.17, 15) is 17.6 Å². The van der Waals surface area contributed by atoms with Gasteiger partial charge in [0.15, 0.2) is 5.15 Å². The van der Waals surface area contributed by atoms with Crippen molar-refractivity contribution in [1.29, 1.82) is 0 Å². The molecule has 0 unspecified atom stereocenters. The van der Waals surface area contributed by atoms with Crippen molar-refractivity contribution >= 4 is 11.6 Å². The molecule has 1 aromatic heterocycles. The van der Waals surface area contributed by atoms with E-state index in [1.807, 2.05) is 0 Å². The van der Waals surface area contributed by atoms with E-state index in [0.717, 1.165) is 4.68 Å². The van der Waals surface area contributed by atoms with E-state index in [-0.39, 0.29) is 0 Å². The van der Waals surface area contributed by atoms with Crippen molar-refractivity contribution in [2.75, 3.05) is 0 Å². The third kappa shape index (κ3) is 2.31. The smallest absolute Gasteiger partial charge is 0.257 e. The van der Waals surface area contributed by atoms with Crippen LogP contribution >= 0.6 is 11.6 Å². The largest absolute Gasteiger partial charge is 0.280 e. The van der Waals surface area contributed by atoms with Crippen molar-refractivity contribution in [2.45, 2.75) is 39.2 Å². The first-order valence-corrected chi connectivity index (χ1v) is 4.89. The SMILES string of the molecule is CC(C)(C)n1nc(Cl)c(C(F)F)c1C(F)F. The highest BCUT2D eigenvalue weighted by molar-refractivity contribution is 6.30. The maximum atomic E-state index is 12.7. The number of nitrogens with zero attached hydrogens (tertiary/aromatic N) is 2. The molecule has 0 spiro atoms. The second kappa shape index (κ2) is 4.24. The van der Waals surface area contributed by atoms with Crippen molar-refractivity contribution in [2.24, 2.45) is 0 Å². The molecule has 1 heterocycles. The average molecular weight is 259 g/mol. The Balaban J connectivity index is 3.48. The van der Waals surface area contributed by atoms with Crippen LogP contribution in [0.25, 0.3) is 0 Å². The second-order valence-corrected chi connectivity index (χ2v) is 4.63. The summed E-state index contributed by atoms with van der Waals surface area (Å²) in [6, 6.07) is 0. The molecule has 0 atom stereocenters. The minimum absolute atomic E-state index is 0.569. The summed E-state index contributed by atoms with van der Waals surface area (Å²) in [6.07, 6.45) is -6.10. The zero-order valence-corrected chi connectivity index (χ0v) is 9.69. The van der Waals surface area contributed by atoms with Crippen LogP contribution in [-0.4, -0.2) is 9.78 Å². The molecule has 7 heteroatoms. The first-order valence-electron chi connectivity index (χ1n) is 4.51. The third-order valence-corrected chi connectivity index (χ3v) is 2.25. The Morgan fingerprint density at radius 2 is 1.62 bits per heavy atom. The molecule has 0 aliphatic heterocycles. The van der Waals surface area contributed by atoms with Gasteiger partial charge < -0.3 is 0 Å². The normalized spacial score (nSPS) is 12.9. The van der Waals surface area contributed by atoms with Crippen molar-refractivity contribution in [3.8, 4) is 0 Å². The van der Waals surface area contributed by atoms with E-state index >= 15 is 0 Å². The Morgan fingerprint density at radius 3 is 1.94 bits per heavy atom. The van der Waals surface area contributed by atoms with Crippen LogP contribution in [0.2, 0.25) is 5.15 Å². The summed E-state index contributed by atoms with van der Waals surface area (Å²) < 4.78 is 51.5. The van der Waals surface area contributed by atoms with Gasteiger partial charge in [0.2, 0.25) is 0 Å². The Labute approximate surface area is 95.2 Å². The van der Waals surface area contributed by atoms with E-state index in [1.165, 1.54) is 0 Å². The van der Waals surface area contributed by atoms with Crippen LogP contribution in [0.4, 0.5) is 17.6 Å². The third-order valence-electron chi connectivity index (χ3n) is 1.97. The highest BCUT2D eigenvalue weighted by Crippen LogP contribution is 2.37. The quantitative estimate of drug-likeness (QED) is 0.728. The maximum Gasteiger partial charge on any atom is 0.280 e. The van der Waals surface area contributed by atoms with E-state index in [2.05, 4.69) is 5.10 Å². The van der Waals surface area contributed by atoms with Gasteiger partial charge in [0.25, 0.3) is 12.9 Å². The van der Waals surface area contributed by atoms with Crippen LogP contribution in [0.15, 0.2) is 0 Å². The molecule has 92 valence electrons. The highest BCUT2D eigenvalue weighted by atomic mass is 35.5. The van der Waals surface area contributed by atoms with Gasteiger partial charge >= 0.3 is 0 Å². The molecule has 0 fully saturated rings. The lowest BCUT2D eigenvalue weighted by molar-refractivity contribution is 0.111. The van der Waals surface area contributed by atoms with Gasteiger partial charge in [-0.1, -0.05) is 11.6 Å². The van der Waals surface area contributed by atoms with E-state index in [0.29, 0.717) is 0 Å². The summed E-state index contributed by atoms with van der Waals surface area (Å²) in [5.41, 5.74) is -2.53. The molecule has 0 amide bonds. The molecule has 0 radical (unpaired) electrons. The minimum Gasteiger partial charge on any atom is -0.257 e. The van der Waals surface area contributed by atoms with Gasteiger partial charge in [-0.05, 0) is 20.8 Å². The van der Waals surface area contributed by atoms with Gasteiger partial charge in [-0.25, -0.2) is 17.6 Å². The second-order valence-electron chi connectivity index (χ2n) is 4.27. The first kappa shape index (κ1) is 13.3. The molecular formula is C9H11ClF4N2. The molecule has 1 aromatic rings. The molecule has 16 heavy (non-hydrogen) atoms. The fourth-order valence-corrected chi connectivity index (χ4v) is 1.59. The van der Waals surface area contributed by atoms with Gasteiger partial charge in [-0.2, -0.15) is 5.10 Å². The number of alkyl halides is 4. The first-order chi connectivity index (χ1) is 7.16. The summed E-state index contributed by atoms with van der Waals surface area (Å²) >= 11 is 5.45. The molecule has 0 aliphatic carbocycles. The predicted octanol–water partition coefficient (Wildman–Crippen LogP) is 4.17. The maximum absolute atomic E-state index is 12.7. The summed E-state index contributed by atoms with van der Waals surface area (Å²) in [5, 5.41) is 2.98. The molecule has 2 nitrogen and oxygen atoms in total. The Kier molecular flexibility index (Phi) is 3.52. The summed E-state index contributed by atoms with van der Waals surface area (Å²) in [4.78, 5) is 0. The Hall–Kier alpha value is -0.780. The predicted molar refractivity (Wildman–Crippen MR) is 52.1 cm³/mol. The van der Waals surface area contributed by atoms with Crippen LogP contribution in [0.5, 0.6) is 0 Å². The molecule has 0 aromatic carbocycles. The molecular weight excluding hydrogens is 248 g/mol. The van der Waals surface area contributed by atoms with Gasteiger partial charge in [0, 0.05) is 0 Å². The van der Waals surface area contributed by atoms with Crippen LogP contribution in [0.3, 0.4) is 0 Å². The Bertz CT molecular complexity index is 382. The van der Waals surface area contributed by atoms with Crippen LogP contribution in [-0.2, 0) is 5.54 Å². The van der Waals surface area contributed by atoms with Gasteiger partial charge in [0.05, 0.1) is 11.1 Å². The van der Waals surface area contributed by atoms with E-state index in [1.54, 1.807) is 20.8 Å². The van der Waals surface area contributed by atoms with E-state index in [4.69, 9.17) is 11.6 Å². The monoisotopic (exact) mass is 258 g/mol. The number of halogens is 5. The summed E-state index contributed by atoms with van der Waals surface area (Å²) in [7, 11) is 0. The summed E-state index contributed by atoms with van der Waals surface area (Å²) in [6.45, 7) is 4.74. The van der Waals surface area contributed by atoms with Crippen molar-refractivity contribution in [3.63, 3.8) is 0 Å². The van der Waals surface area contributed by atoms with Gasteiger partial charge in [0.1, 0.15) is 5.69 Å². The number of aromatic nitrogens is 2. The number of hydrogen-bond donors (Lipinski definition) is 0. The van der Waals surface area contributed by atoms with Crippen LogP contribution in [0, 0.1) is 0 Å². The minimum atomic E-state index is -3.06. The number of rotatable bonds is 2. The molecule has 0 saturated heterocycles. The fraction of sp³-hybridized carbons (Fsp3) is 0.667. The lowest BCUT2D eigenvalue weighted by Crippen LogP contribution is -2.25. The molecule has 0 N–H and O–H groups in total.